The molecular formula is C15H31N3O. The molecule has 0 aromatic rings. The Morgan fingerprint density at radius 3 is 2.47 bits per heavy atom. The normalized spacial score (nSPS) is 37.9. The van der Waals surface area contributed by atoms with E-state index in [1.807, 2.05) is 0 Å². The second-order valence-electron chi connectivity index (χ2n) is 6.64. The summed E-state index contributed by atoms with van der Waals surface area (Å²) in [6.45, 7) is 14.4. The molecule has 0 aliphatic carbocycles. The Kier molecular flexibility index (Phi) is 5.23. The quantitative estimate of drug-likeness (QED) is 0.807. The molecule has 0 spiro atoms. The van der Waals surface area contributed by atoms with Crippen LogP contribution in [0.25, 0.3) is 0 Å². The third-order valence-corrected chi connectivity index (χ3v) is 4.93. The minimum atomic E-state index is 0.339. The minimum absolute atomic E-state index is 0.339. The first-order valence-corrected chi connectivity index (χ1v) is 7.79. The lowest BCUT2D eigenvalue weighted by Crippen LogP contribution is -2.57. The molecule has 0 bridgehead atoms. The van der Waals surface area contributed by atoms with Gasteiger partial charge in [-0.3, -0.25) is 9.80 Å². The molecule has 2 rings (SSSR count). The van der Waals surface area contributed by atoms with Crippen LogP contribution in [0, 0.1) is 5.41 Å². The van der Waals surface area contributed by atoms with Gasteiger partial charge in [-0.15, -0.1) is 0 Å². The molecule has 2 fully saturated rings. The number of likely N-dealkylation sites (N-methyl/N-ethyl adjacent to an activating group) is 1. The molecule has 19 heavy (non-hydrogen) atoms. The average Bonchev–Trinajstić information content (AvgIpc) is 2.82. The Labute approximate surface area is 118 Å². The van der Waals surface area contributed by atoms with Gasteiger partial charge in [0.25, 0.3) is 0 Å². The maximum absolute atomic E-state index is 5.70. The van der Waals surface area contributed by atoms with Crippen molar-refractivity contribution in [3.63, 3.8) is 0 Å². The van der Waals surface area contributed by atoms with Crippen LogP contribution in [0.5, 0.6) is 0 Å². The van der Waals surface area contributed by atoms with Crippen molar-refractivity contribution in [2.24, 2.45) is 5.41 Å². The highest BCUT2D eigenvalue weighted by Gasteiger charge is 2.38. The molecule has 0 amide bonds. The number of ether oxygens (including phenoxy) is 1. The van der Waals surface area contributed by atoms with Gasteiger partial charge in [-0.05, 0) is 33.9 Å². The van der Waals surface area contributed by atoms with Crippen molar-refractivity contribution in [1.29, 1.82) is 0 Å². The van der Waals surface area contributed by atoms with E-state index in [9.17, 15) is 0 Å². The number of piperazine rings is 1. The van der Waals surface area contributed by atoms with Crippen molar-refractivity contribution >= 4 is 0 Å². The molecular weight excluding hydrogens is 238 g/mol. The monoisotopic (exact) mass is 269 g/mol. The predicted octanol–water partition coefficient (Wildman–Crippen LogP) is 1.03. The zero-order valence-electron chi connectivity index (χ0n) is 13.1. The van der Waals surface area contributed by atoms with E-state index in [4.69, 9.17) is 4.74 Å². The van der Waals surface area contributed by atoms with Crippen molar-refractivity contribution in [3.05, 3.63) is 0 Å². The predicted molar refractivity (Wildman–Crippen MR) is 79.5 cm³/mol. The molecule has 3 unspecified atom stereocenters. The summed E-state index contributed by atoms with van der Waals surface area (Å²) in [5.41, 5.74) is 0.339. The molecule has 2 heterocycles. The Balaban J connectivity index is 1.94. The number of nitrogens with one attached hydrogen (secondary N) is 1. The van der Waals surface area contributed by atoms with E-state index in [0.29, 0.717) is 17.5 Å². The van der Waals surface area contributed by atoms with E-state index < -0.39 is 0 Å². The lowest BCUT2D eigenvalue weighted by atomic mass is 9.85. The summed E-state index contributed by atoms with van der Waals surface area (Å²) in [5.74, 6) is 0. The molecule has 4 nitrogen and oxygen atoms in total. The molecule has 0 saturated carbocycles. The van der Waals surface area contributed by atoms with Gasteiger partial charge in [0.15, 0.2) is 0 Å². The second kappa shape index (κ2) is 6.53. The molecule has 0 aromatic heterocycles. The average molecular weight is 269 g/mol. The summed E-state index contributed by atoms with van der Waals surface area (Å²) in [4.78, 5) is 5.15. The maximum Gasteiger partial charge on any atom is 0.0547 e. The smallest absolute Gasteiger partial charge is 0.0547 e. The molecule has 2 aliphatic rings. The highest BCUT2D eigenvalue weighted by molar-refractivity contribution is 4.92. The van der Waals surface area contributed by atoms with Gasteiger partial charge in [0, 0.05) is 50.3 Å². The summed E-state index contributed by atoms with van der Waals surface area (Å²) in [6.07, 6.45) is 1.20. The van der Waals surface area contributed by atoms with Gasteiger partial charge in [-0.2, -0.15) is 0 Å². The molecule has 112 valence electrons. The topological polar surface area (TPSA) is 27.7 Å². The van der Waals surface area contributed by atoms with Gasteiger partial charge in [0.1, 0.15) is 0 Å². The molecule has 2 aliphatic heterocycles. The lowest BCUT2D eigenvalue weighted by molar-refractivity contribution is 0.0269. The first-order chi connectivity index (χ1) is 9.06. The summed E-state index contributed by atoms with van der Waals surface area (Å²) in [5, 5.41) is 3.53. The molecule has 4 heteroatoms. The summed E-state index contributed by atoms with van der Waals surface area (Å²) in [6, 6.07) is 1.31. The lowest BCUT2D eigenvalue weighted by Gasteiger charge is -2.45. The van der Waals surface area contributed by atoms with Gasteiger partial charge >= 0.3 is 0 Å². The van der Waals surface area contributed by atoms with E-state index in [0.717, 1.165) is 26.3 Å². The van der Waals surface area contributed by atoms with Gasteiger partial charge in [0.2, 0.25) is 0 Å². The van der Waals surface area contributed by atoms with E-state index in [2.05, 4.69) is 42.9 Å². The highest BCUT2D eigenvalue weighted by atomic mass is 16.5. The summed E-state index contributed by atoms with van der Waals surface area (Å²) in [7, 11) is 2.25. The van der Waals surface area contributed by atoms with E-state index in [-0.39, 0.29) is 0 Å². The van der Waals surface area contributed by atoms with Crippen LogP contribution >= 0.6 is 0 Å². The van der Waals surface area contributed by atoms with Crippen LogP contribution in [-0.4, -0.2) is 74.9 Å². The van der Waals surface area contributed by atoms with Crippen molar-refractivity contribution in [2.45, 2.75) is 39.3 Å². The first kappa shape index (κ1) is 15.2. The van der Waals surface area contributed by atoms with Crippen LogP contribution in [0.3, 0.4) is 0 Å². The second-order valence-corrected chi connectivity index (χ2v) is 6.64. The zero-order chi connectivity index (χ0) is 13.9. The fraction of sp³-hybridized carbons (Fsp3) is 1.00. The first-order valence-electron chi connectivity index (χ1n) is 7.79. The van der Waals surface area contributed by atoms with Crippen LogP contribution < -0.4 is 5.32 Å². The Morgan fingerprint density at radius 2 is 1.95 bits per heavy atom. The van der Waals surface area contributed by atoms with Crippen LogP contribution in [0.15, 0.2) is 0 Å². The van der Waals surface area contributed by atoms with Gasteiger partial charge < -0.3 is 10.1 Å². The molecule has 3 atom stereocenters. The minimum Gasteiger partial charge on any atom is -0.381 e. The Morgan fingerprint density at radius 1 is 1.26 bits per heavy atom. The van der Waals surface area contributed by atoms with E-state index in [1.54, 1.807) is 0 Å². The van der Waals surface area contributed by atoms with Crippen LogP contribution in [0.4, 0.5) is 0 Å². The van der Waals surface area contributed by atoms with Crippen molar-refractivity contribution in [2.75, 3.05) is 53.0 Å². The third kappa shape index (κ3) is 3.69. The van der Waals surface area contributed by atoms with E-state index in [1.165, 1.54) is 26.1 Å². The van der Waals surface area contributed by atoms with Crippen LogP contribution in [0.1, 0.15) is 27.2 Å². The largest absolute Gasteiger partial charge is 0.381 e. The molecule has 2 saturated heterocycles. The van der Waals surface area contributed by atoms with Gasteiger partial charge in [-0.25, -0.2) is 0 Å². The number of rotatable bonds is 5. The summed E-state index contributed by atoms with van der Waals surface area (Å²) < 4.78 is 5.70. The van der Waals surface area contributed by atoms with Gasteiger partial charge in [0.05, 0.1) is 6.61 Å². The van der Waals surface area contributed by atoms with E-state index >= 15 is 0 Å². The Bertz CT molecular complexity index is 267. The number of hydrogen-bond donors (Lipinski definition) is 1. The number of hydrogen-bond acceptors (Lipinski definition) is 4. The molecule has 0 aromatic carbocycles. The van der Waals surface area contributed by atoms with Crippen molar-refractivity contribution in [1.82, 2.24) is 15.1 Å². The van der Waals surface area contributed by atoms with Crippen molar-refractivity contribution < 1.29 is 4.74 Å². The Hall–Kier alpha value is -0.160. The van der Waals surface area contributed by atoms with Crippen LogP contribution in [0.2, 0.25) is 0 Å². The van der Waals surface area contributed by atoms with Gasteiger partial charge in [-0.1, -0.05) is 6.92 Å². The fourth-order valence-corrected chi connectivity index (χ4v) is 3.48. The fourth-order valence-electron chi connectivity index (χ4n) is 3.48. The third-order valence-electron chi connectivity index (χ3n) is 4.93. The standard InChI is InChI=1S/C15H31N3O/c1-5-16-10-15(6-7-19-12-15)11-18-8-13(2)17(4)14(3)9-18/h13-14,16H,5-12H2,1-4H3. The zero-order valence-corrected chi connectivity index (χ0v) is 13.1. The number of nitrogens with zero attached hydrogens (tertiary/aromatic N) is 2. The molecule has 1 N–H and O–H groups in total. The van der Waals surface area contributed by atoms with Crippen molar-refractivity contribution in [3.8, 4) is 0 Å². The highest BCUT2D eigenvalue weighted by Crippen LogP contribution is 2.30. The van der Waals surface area contributed by atoms with Crippen LogP contribution in [-0.2, 0) is 4.74 Å². The summed E-state index contributed by atoms with van der Waals surface area (Å²) >= 11 is 0. The maximum atomic E-state index is 5.70. The SMILES string of the molecule is CCNCC1(CN2CC(C)N(C)C(C)C2)CCOC1. The molecule has 0 radical (unpaired) electrons.